The third kappa shape index (κ3) is 3.32. The van der Waals surface area contributed by atoms with E-state index in [1.54, 1.807) is 0 Å². The lowest BCUT2D eigenvalue weighted by atomic mass is 10.1. The average Bonchev–Trinajstić information content (AvgIpc) is 2.84. The topological polar surface area (TPSA) is 50.4 Å². The van der Waals surface area contributed by atoms with Gasteiger partial charge in [-0.25, -0.2) is 0 Å². The van der Waals surface area contributed by atoms with Crippen molar-refractivity contribution >= 4 is 5.91 Å². The van der Waals surface area contributed by atoms with Gasteiger partial charge in [0, 0.05) is 19.7 Å². The Hall–Kier alpha value is -0.870. The first-order valence-electron chi connectivity index (χ1n) is 6.10. The van der Waals surface area contributed by atoms with E-state index >= 15 is 0 Å². The lowest BCUT2D eigenvalue weighted by Crippen LogP contribution is -2.32. The van der Waals surface area contributed by atoms with Crippen molar-refractivity contribution in [2.24, 2.45) is 5.92 Å². The zero-order valence-electron chi connectivity index (χ0n) is 9.63. The molecule has 1 atom stereocenters. The average molecular weight is 224 g/mol. The van der Waals surface area contributed by atoms with Gasteiger partial charge in [0.15, 0.2) is 0 Å². The third-order valence-electron chi connectivity index (χ3n) is 3.20. The monoisotopic (exact) mass is 224 g/mol. The van der Waals surface area contributed by atoms with Crippen LogP contribution >= 0.6 is 0 Å². The molecule has 0 aromatic rings. The second-order valence-electron chi connectivity index (χ2n) is 4.42. The number of carbonyl (C=O) groups is 1. The molecule has 1 fully saturated rings. The second-order valence-corrected chi connectivity index (χ2v) is 4.42. The highest BCUT2D eigenvalue weighted by molar-refractivity contribution is 5.78. The van der Waals surface area contributed by atoms with Crippen molar-refractivity contribution in [1.82, 2.24) is 10.6 Å². The summed E-state index contributed by atoms with van der Waals surface area (Å²) < 4.78 is 5.19. The van der Waals surface area contributed by atoms with E-state index in [2.05, 4.69) is 16.7 Å². The van der Waals surface area contributed by atoms with E-state index in [0.717, 1.165) is 45.5 Å². The van der Waals surface area contributed by atoms with Gasteiger partial charge in [0.1, 0.15) is 0 Å². The lowest BCUT2D eigenvalue weighted by Gasteiger charge is -2.15. The fraction of sp³-hybridized carbons (Fsp3) is 0.750. The highest BCUT2D eigenvalue weighted by atomic mass is 16.5. The number of rotatable bonds is 4. The molecular formula is C12H20N2O2. The van der Waals surface area contributed by atoms with E-state index in [9.17, 15) is 4.79 Å². The SMILES string of the molecule is O=C(NCCC1=CCNCC1)C1CCOC1. The second kappa shape index (κ2) is 6.01. The number of ether oxygens (including phenoxy) is 1. The Morgan fingerprint density at radius 3 is 3.25 bits per heavy atom. The van der Waals surface area contributed by atoms with Crippen molar-refractivity contribution in [3.8, 4) is 0 Å². The Kier molecular flexibility index (Phi) is 4.36. The summed E-state index contributed by atoms with van der Waals surface area (Å²) in [6.07, 6.45) is 5.20. The van der Waals surface area contributed by atoms with Crippen LogP contribution in [0.4, 0.5) is 0 Å². The van der Waals surface area contributed by atoms with Crippen molar-refractivity contribution in [2.45, 2.75) is 19.3 Å². The van der Waals surface area contributed by atoms with E-state index < -0.39 is 0 Å². The molecule has 2 heterocycles. The van der Waals surface area contributed by atoms with Crippen LogP contribution in [0.3, 0.4) is 0 Å². The van der Waals surface area contributed by atoms with Crippen LogP contribution < -0.4 is 10.6 Å². The predicted octanol–water partition coefficient (Wildman–Crippen LogP) is 0.449. The first kappa shape index (κ1) is 11.6. The summed E-state index contributed by atoms with van der Waals surface area (Å²) in [5.41, 5.74) is 1.46. The first-order chi connectivity index (χ1) is 7.86. The van der Waals surface area contributed by atoms with Gasteiger partial charge in [-0.1, -0.05) is 11.6 Å². The molecular weight excluding hydrogens is 204 g/mol. The Morgan fingerprint density at radius 1 is 1.62 bits per heavy atom. The summed E-state index contributed by atoms with van der Waals surface area (Å²) in [6.45, 7) is 4.13. The molecule has 4 heteroatoms. The molecule has 1 amide bonds. The smallest absolute Gasteiger partial charge is 0.225 e. The predicted molar refractivity (Wildman–Crippen MR) is 62.1 cm³/mol. The highest BCUT2D eigenvalue weighted by Gasteiger charge is 2.22. The standard InChI is InChI=1S/C12H20N2O2/c15-12(11-4-8-16-9-11)14-7-3-10-1-5-13-6-2-10/h1,11,13H,2-9H2,(H,14,15). The number of nitrogens with one attached hydrogen (secondary N) is 2. The molecule has 2 aliphatic rings. The molecule has 0 aromatic carbocycles. The van der Waals surface area contributed by atoms with Gasteiger partial charge in [-0.2, -0.15) is 0 Å². The van der Waals surface area contributed by atoms with Gasteiger partial charge >= 0.3 is 0 Å². The van der Waals surface area contributed by atoms with Crippen LogP contribution in [0.15, 0.2) is 11.6 Å². The van der Waals surface area contributed by atoms with Crippen LogP contribution in [0.2, 0.25) is 0 Å². The number of hydrogen-bond donors (Lipinski definition) is 2. The summed E-state index contributed by atoms with van der Waals surface area (Å²) >= 11 is 0. The van der Waals surface area contributed by atoms with Crippen LogP contribution in [0.25, 0.3) is 0 Å². The van der Waals surface area contributed by atoms with Gasteiger partial charge in [-0.05, 0) is 25.8 Å². The minimum Gasteiger partial charge on any atom is -0.381 e. The Bertz CT molecular complexity index is 270. The van der Waals surface area contributed by atoms with Crippen LogP contribution in [0.5, 0.6) is 0 Å². The Morgan fingerprint density at radius 2 is 2.56 bits per heavy atom. The van der Waals surface area contributed by atoms with Crippen molar-refractivity contribution in [1.29, 1.82) is 0 Å². The molecule has 0 aromatic heterocycles. The maximum absolute atomic E-state index is 11.7. The molecule has 1 unspecified atom stereocenters. The molecule has 4 nitrogen and oxygen atoms in total. The van der Waals surface area contributed by atoms with E-state index in [-0.39, 0.29) is 11.8 Å². The first-order valence-corrected chi connectivity index (χ1v) is 6.10. The number of hydrogen-bond acceptors (Lipinski definition) is 3. The molecule has 0 bridgehead atoms. The molecule has 90 valence electrons. The fourth-order valence-corrected chi connectivity index (χ4v) is 2.13. The van der Waals surface area contributed by atoms with E-state index in [1.165, 1.54) is 5.57 Å². The summed E-state index contributed by atoms with van der Waals surface area (Å²) in [5, 5.41) is 6.27. The largest absolute Gasteiger partial charge is 0.381 e. The quantitative estimate of drug-likeness (QED) is 0.682. The van der Waals surface area contributed by atoms with Crippen molar-refractivity contribution in [3.05, 3.63) is 11.6 Å². The molecule has 0 saturated carbocycles. The van der Waals surface area contributed by atoms with Gasteiger partial charge in [0.05, 0.1) is 12.5 Å². The molecule has 1 saturated heterocycles. The van der Waals surface area contributed by atoms with Gasteiger partial charge in [-0.3, -0.25) is 4.79 Å². The molecule has 16 heavy (non-hydrogen) atoms. The minimum absolute atomic E-state index is 0.0852. The summed E-state index contributed by atoms with van der Waals surface area (Å²) in [6, 6.07) is 0. The van der Waals surface area contributed by atoms with Gasteiger partial charge < -0.3 is 15.4 Å². The van der Waals surface area contributed by atoms with Gasteiger partial charge in [-0.15, -0.1) is 0 Å². The van der Waals surface area contributed by atoms with E-state index in [4.69, 9.17) is 4.74 Å². The van der Waals surface area contributed by atoms with Crippen molar-refractivity contribution in [3.63, 3.8) is 0 Å². The van der Waals surface area contributed by atoms with Gasteiger partial charge in [0.25, 0.3) is 0 Å². The maximum Gasteiger partial charge on any atom is 0.225 e. The Labute approximate surface area is 96.4 Å². The Balaban J connectivity index is 1.63. The molecule has 2 N–H and O–H groups in total. The van der Waals surface area contributed by atoms with Crippen molar-refractivity contribution < 1.29 is 9.53 Å². The van der Waals surface area contributed by atoms with E-state index in [1.807, 2.05) is 0 Å². The zero-order valence-corrected chi connectivity index (χ0v) is 9.63. The molecule has 2 rings (SSSR count). The lowest BCUT2D eigenvalue weighted by molar-refractivity contribution is -0.124. The molecule has 0 aliphatic carbocycles. The molecule has 0 radical (unpaired) electrons. The van der Waals surface area contributed by atoms with Crippen LogP contribution in [-0.2, 0) is 9.53 Å². The van der Waals surface area contributed by atoms with Gasteiger partial charge in [0.2, 0.25) is 5.91 Å². The fourth-order valence-electron chi connectivity index (χ4n) is 2.13. The van der Waals surface area contributed by atoms with Crippen LogP contribution in [-0.4, -0.2) is 38.8 Å². The van der Waals surface area contributed by atoms with E-state index in [0.29, 0.717) is 6.61 Å². The summed E-state index contributed by atoms with van der Waals surface area (Å²) in [4.78, 5) is 11.7. The number of carbonyl (C=O) groups excluding carboxylic acids is 1. The zero-order chi connectivity index (χ0) is 11.2. The maximum atomic E-state index is 11.7. The van der Waals surface area contributed by atoms with Crippen LogP contribution in [0, 0.1) is 5.92 Å². The highest BCUT2D eigenvalue weighted by Crippen LogP contribution is 2.12. The molecule has 0 spiro atoms. The molecule has 2 aliphatic heterocycles. The summed E-state index contributed by atoms with van der Waals surface area (Å²) in [7, 11) is 0. The van der Waals surface area contributed by atoms with Crippen LogP contribution in [0.1, 0.15) is 19.3 Å². The normalized spacial score (nSPS) is 25.2. The minimum atomic E-state index is 0.0852. The summed E-state index contributed by atoms with van der Waals surface area (Å²) in [5.74, 6) is 0.244. The number of amides is 1. The third-order valence-corrected chi connectivity index (χ3v) is 3.20. The van der Waals surface area contributed by atoms with Crippen molar-refractivity contribution in [2.75, 3.05) is 32.8 Å².